The van der Waals surface area contributed by atoms with E-state index in [0.717, 1.165) is 25.4 Å². The fraction of sp³-hybridized carbons (Fsp3) is 0.591. The summed E-state index contributed by atoms with van der Waals surface area (Å²) in [4.78, 5) is 2.35. The van der Waals surface area contributed by atoms with Crippen molar-refractivity contribution in [2.45, 2.75) is 58.2 Å². The molecular formula is C22H34N4O. The van der Waals surface area contributed by atoms with Crippen molar-refractivity contribution >= 4 is 0 Å². The van der Waals surface area contributed by atoms with Crippen molar-refractivity contribution in [1.29, 1.82) is 0 Å². The molecule has 0 radical (unpaired) electrons. The molecule has 0 spiro atoms. The fourth-order valence-electron chi connectivity index (χ4n) is 3.89. The number of likely N-dealkylation sites (N-methyl/N-ethyl adjacent to an activating group) is 2. The largest absolute Gasteiger partial charge is 0.491 e. The second kappa shape index (κ2) is 9.38. The number of nitrogens with zero attached hydrogens (tertiary/aromatic N) is 3. The molecule has 0 saturated heterocycles. The van der Waals surface area contributed by atoms with E-state index in [2.05, 4.69) is 66.3 Å². The molecule has 1 aliphatic carbocycles. The van der Waals surface area contributed by atoms with Crippen LogP contribution in [0.1, 0.15) is 51.1 Å². The summed E-state index contributed by atoms with van der Waals surface area (Å²) in [5.41, 5.74) is 3.81. The Balaban J connectivity index is 1.88. The van der Waals surface area contributed by atoms with Crippen LogP contribution in [0.2, 0.25) is 0 Å². The molecule has 0 aliphatic heterocycles. The van der Waals surface area contributed by atoms with Gasteiger partial charge in [0, 0.05) is 30.8 Å². The second-order valence-corrected chi connectivity index (χ2v) is 7.93. The third kappa shape index (κ3) is 5.11. The summed E-state index contributed by atoms with van der Waals surface area (Å²) in [6.45, 7) is 7.04. The summed E-state index contributed by atoms with van der Waals surface area (Å²) in [6, 6.07) is 9.04. The summed E-state index contributed by atoms with van der Waals surface area (Å²) in [5.74, 6) is 0.924. The minimum Gasteiger partial charge on any atom is -0.491 e. The standard InChI is InChI=1S/C22H34N4O/c1-17(2)27-21-11-9-18(10-12-21)22-19(16-25(4)14-13-23-3)15-24-26(22)20-7-5-6-8-20/h9-12,15,17,20,23H,5-8,13-14,16H2,1-4H3. The lowest BCUT2D eigenvalue weighted by Crippen LogP contribution is -2.27. The summed E-state index contributed by atoms with van der Waals surface area (Å²) in [7, 11) is 4.17. The Labute approximate surface area is 163 Å². The first-order chi connectivity index (χ1) is 13.1. The quantitative estimate of drug-likeness (QED) is 0.721. The second-order valence-electron chi connectivity index (χ2n) is 7.93. The molecular weight excluding hydrogens is 336 g/mol. The number of hydrogen-bond acceptors (Lipinski definition) is 4. The topological polar surface area (TPSA) is 42.3 Å². The van der Waals surface area contributed by atoms with Crippen LogP contribution < -0.4 is 10.1 Å². The highest BCUT2D eigenvalue weighted by atomic mass is 16.5. The summed E-state index contributed by atoms with van der Waals surface area (Å²) >= 11 is 0. The van der Waals surface area contributed by atoms with E-state index in [4.69, 9.17) is 9.84 Å². The first-order valence-corrected chi connectivity index (χ1v) is 10.2. The monoisotopic (exact) mass is 370 g/mol. The number of nitrogens with one attached hydrogen (secondary N) is 1. The van der Waals surface area contributed by atoms with Gasteiger partial charge in [0.25, 0.3) is 0 Å². The highest BCUT2D eigenvalue weighted by Gasteiger charge is 2.23. The molecule has 2 aromatic rings. The molecule has 0 bridgehead atoms. The van der Waals surface area contributed by atoms with E-state index in [9.17, 15) is 0 Å². The van der Waals surface area contributed by atoms with Gasteiger partial charge >= 0.3 is 0 Å². The van der Waals surface area contributed by atoms with Crippen molar-refractivity contribution in [1.82, 2.24) is 20.0 Å². The predicted octanol–water partition coefficient (Wildman–Crippen LogP) is 4.10. The molecule has 5 heteroatoms. The zero-order valence-corrected chi connectivity index (χ0v) is 17.2. The van der Waals surface area contributed by atoms with Crippen molar-refractivity contribution in [3.8, 4) is 17.0 Å². The number of rotatable bonds is 9. The van der Waals surface area contributed by atoms with Gasteiger partial charge in [-0.1, -0.05) is 12.8 Å². The number of ether oxygens (including phenoxy) is 1. The maximum atomic E-state index is 5.82. The SMILES string of the molecule is CNCCN(C)Cc1cnn(C2CCCC2)c1-c1ccc(OC(C)C)cc1. The fourth-order valence-corrected chi connectivity index (χ4v) is 3.89. The molecule has 1 aliphatic rings. The maximum Gasteiger partial charge on any atom is 0.119 e. The lowest BCUT2D eigenvalue weighted by Gasteiger charge is -2.19. The zero-order valence-electron chi connectivity index (χ0n) is 17.2. The normalized spacial score (nSPS) is 15.2. The van der Waals surface area contributed by atoms with Gasteiger partial charge < -0.3 is 15.0 Å². The van der Waals surface area contributed by atoms with Crippen LogP contribution in [0.4, 0.5) is 0 Å². The van der Waals surface area contributed by atoms with E-state index in [0.29, 0.717) is 6.04 Å². The van der Waals surface area contributed by atoms with Crippen molar-refractivity contribution in [3.63, 3.8) is 0 Å². The Hall–Kier alpha value is -1.85. The van der Waals surface area contributed by atoms with Crippen molar-refractivity contribution < 1.29 is 4.74 Å². The van der Waals surface area contributed by atoms with Crippen LogP contribution in [-0.2, 0) is 6.54 Å². The highest BCUT2D eigenvalue weighted by Crippen LogP contribution is 2.35. The first kappa shape index (κ1) is 19.9. The molecule has 1 saturated carbocycles. The van der Waals surface area contributed by atoms with Crippen molar-refractivity contribution in [2.24, 2.45) is 0 Å². The number of aromatic nitrogens is 2. The van der Waals surface area contributed by atoms with Crippen LogP contribution in [0.15, 0.2) is 30.5 Å². The average Bonchev–Trinajstić information content (AvgIpc) is 3.30. The maximum absolute atomic E-state index is 5.82. The Morgan fingerprint density at radius 2 is 1.93 bits per heavy atom. The molecule has 5 nitrogen and oxygen atoms in total. The van der Waals surface area contributed by atoms with E-state index in [1.165, 1.54) is 42.5 Å². The Kier molecular flexibility index (Phi) is 6.91. The van der Waals surface area contributed by atoms with Gasteiger partial charge in [-0.15, -0.1) is 0 Å². The number of hydrogen-bond donors (Lipinski definition) is 1. The third-order valence-corrected chi connectivity index (χ3v) is 5.23. The molecule has 1 aromatic carbocycles. The van der Waals surface area contributed by atoms with E-state index in [-0.39, 0.29) is 6.10 Å². The van der Waals surface area contributed by atoms with Crippen LogP contribution >= 0.6 is 0 Å². The van der Waals surface area contributed by atoms with Gasteiger partial charge in [0.1, 0.15) is 5.75 Å². The molecule has 0 amide bonds. The van der Waals surface area contributed by atoms with Crippen LogP contribution in [0.5, 0.6) is 5.75 Å². The Morgan fingerprint density at radius 3 is 2.56 bits per heavy atom. The van der Waals surface area contributed by atoms with Crippen LogP contribution in [0.3, 0.4) is 0 Å². The molecule has 3 rings (SSSR count). The van der Waals surface area contributed by atoms with Gasteiger partial charge in [0.2, 0.25) is 0 Å². The first-order valence-electron chi connectivity index (χ1n) is 10.2. The molecule has 1 aromatic heterocycles. The molecule has 148 valence electrons. The Bertz CT molecular complexity index is 702. The zero-order chi connectivity index (χ0) is 19.2. The molecule has 1 fully saturated rings. The summed E-state index contributed by atoms with van der Waals surface area (Å²) in [5, 5.41) is 8.05. The van der Waals surface area contributed by atoms with Crippen molar-refractivity contribution in [3.05, 3.63) is 36.0 Å². The highest BCUT2D eigenvalue weighted by molar-refractivity contribution is 5.64. The van der Waals surface area contributed by atoms with Gasteiger partial charge in [-0.3, -0.25) is 4.68 Å². The van der Waals surface area contributed by atoms with Gasteiger partial charge in [0.05, 0.1) is 24.0 Å². The molecule has 27 heavy (non-hydrogen) atoms. The Morgan fingerprint density at radius 1 is 1.22 bits per heavy atom. The van der Waals surface area contributed by atoms with Crippen LogP contribution in [-0.4, -0.2) is 48.0 Å². The third-order valence-electron chi connectivity index (χ3n) is 5.23. The predicted molar refractivity (Wildman–Crippen MR) is 111 cm³/mol. The number of benzene rings is 1. The molecule has 0 unspecified atom stereocenters. The van der Waals surface area contributed by atoms with E-state index in [1.807, 2.05) is 7.05 Å². The van der Waals surface area contributed by atoms with Gasteiger partial charge in [0.15, 0.2) is 0 Å². The lowest BCUT2D eigenvalue weighted by atomic mass is 10.1. The smallest absolute Gasteiger partial charge is 0.119 e. The summed E-state index contributed by atoms with van der Waals surface area (Å²) < 4.78 is 8.10. The molecule has 0 atom stereocenters. The minimum absolute atomic E-state index is 0.191. The molecule has 1 N–H and O–H groups in total. The lowest BCUT2D eigenvalue weighted by molar-refractivity contribution is 0.242. The van der Waals surface area contributed by atoms with Gasteiger partial charge in [-0.25, -0.2) is 0 Å². The van der Waals surface area contributed by atoms with Crippen LogP contribution in [0.25, 0.3) is 11.3 Å². The van der Waals surface area contributed by atoms with E-state index >= 15 is 0 Å². The van der Waals surface area contributed by atoms with Crippen molar-refractivity contribution in [2.75, 3.05) is 27.2 Å². The van der Waals surface area contributed by atoms with Crippen LogP contribution in [0, 0.1) is 0 Å². The van der Waals surface area contributed by atoms with E-state index in [1.54, 1.807) is 0 Å². The minimum atomic E-state index is 0.191. The van der Waals surface area contributed by atoms with Gasteiger partial charge in [-0.05, 0) is 65.0 Å². The van der Waals surface area contributed by atoms with Gasteiger partial charge in [-0.2, -0.15) is 5.10 Å². The molecule has 1 heterocycles. The summed E-state index contributed by atoms with van der Waals surface area (Å²) in [6.07, 6.45) is 7.35. The average molecular weight is 371 g/mol. The van der Waals surface area contributed by atoms with E-state index < -0.39 is 0 Å².